The maximum absolute atomic E-state index is 12.2. The molecule has 88 valence electrons. The number of nitrogens with zero attached hydrogens (tertiary/aromatic N) is 2. The molecule has 7 heteroatoms. The molecule has 2 nitrogen and oxygen atoms in total. The van der Waals surface area contributed by atoms with Crippen molar-refractivity contribution < 1.29 is 13.2 Å². The molecule has 1 aliphatic carbocycles. The van der Waals surface area contributed by atoms with E-state index in [1.54, 1.807) is 0 Å². The molecular formula is C9H7ClF3IN2. The van der Waals surface area contributed by atoms with E-state index in [1.807, 2.05) is 22.6 Å². The lowest BCUT2D eigenvalue weighted by atomic mass is 10.2. The number of halogens is 5. The number of alkyl halides is 3. The van der Waals surface area contributed by atoms with Gasteiger partial charge in [-0.25, -0.2) is 9.97 Å². The van der Waals surface area contributed by atoms with E-state index < -0.39 is 12.6 Å². The van der Waals surface area contributed by atoms with E-state index in [0.29, 0.717) is 9.26 Å². The van der Waals surface area contributed by atoms with Crippen LogP contribution < -0.4 is 0 Å². The van der Waals surface area contributed by atoms with Crippen LogP contribution in [0.1, 0.15) is 30.3 Å². The van der Waals surface area contributed by atoms with Gasteiger partial charge in [0, 0.05) is 5.92 Å². The molecule has 1 saturated carbocycles. The fraction of sp³-hybridized carbons (Fsp3) is 0.556. The second-order valence-corrected chi connectivity index (χ2v) is 5.13. The fourth-order valence-electron chi connectivity index (χ4n) is 1.37. The van der Waals surface area contributed by atoms with Crippen molar-refractivity contribution in [3.63, 3.8) is 0 Å². The first-order chi connectivity index (χ1) is 7.37. The summed E-state index contributed by atoms with van der Waals surface area (Å²) < 4.78 is 37.3. The first kappa shape index (κ1) is 12.3. The lowest BCUT2D eigenvalue weighted by Crippen LogP contribution is -2.15. The van der Waals surface area contributed by atoms with Crippen LogP contribution in [-0.4, -0.2) is 16.1 Å². The van der Waals surface area contributed by atoms with Crippen molar-refractivity contribution in [1.29, 1.82) is 0 Å². The molecule has 0 amide bonds. The maximum atomic E-state index is 12.2. The Morgan fingerprint density at radius 1 is 1.31 bits per heavy atom. The van der Waals surface area contributed by atoms with Crippen LogP contribution in [0.3, 0.4) is 0 Å². The Kier molecular flexibility index (Phi) is 3.31. The molecule has 1 fully saturated rings. The van der Waals surface area contributed by atoms with Gasteiger partial charge in [-0.05, 0) is 35.4 Å². The SMILES string of the molecule is FC(F)(F)Cc1nc(Cl)c(I)c(C2CC2)n1. The van der Waals surface area contributed by atoms with Crippen LogP contribution in [0.4, 0.5) is 13.2 Å². The predicted molar refractivity (Wildman–Crippen MR) is 61.5 cm³/mol. The standard InChI is InChI=1S/C9H7ClF3IN2/c10-8-6(14)7(4-1-2-4)15-5(16-8)3-9(11,12)13/h4H,1-3H2. The highest BCUT2D eigenvalue weighted by atomic mass is 127. The van der Waals surface area contributed by atoms with Gasteiger partial charge < -0.3 is 0 Å². The van der Waals surface area contributed by atoms with Gasteiger partial charge >= 0.3 is 6.18 Å². The van der Waals surface area contributed by atoms with E-state index in [4.69, 9.17) is 11.6 Å². The van der Waals surface area contributed by atoms with Crippen molar-refractivity contribution in [2.24, 2.45) is 0 Å². The van der Waals surface area contributed by atoms with Crippen LogP contribution in [0.25, 0.3) is 0 Å². The monoisotopic (exact) mass is 362 g/mol. The molecule has 0 aromatic carbocycles. The van der Waals surface area contributed by atoms with Gasteiger partial charge in [0.25, 0.3) is 0 Å². The van der Waals surface area contributed by atoms with Crippen molar-refractivity contribution in [2.45, 2.75) is 31.4 Å². The summed E-state index contributed by atoms with van der Waals surface area (Å²) in [5.74, 6) is 0.0270. The third-order valence-electron chi connectivity index (χ3n) is 2.21. The Balaban J connectivity index is 2.33. The van der Waals surface area contributed by atoms with Gasteiger partial charge in [-0.2, -0.15) is 13.2 Å². The highest BCUT2D eigenvalue weighted by Gasteiger charge is 2.33. The summed E-state index contributed by atoms with van der Waals surface area (Å²) in [5, 5.41) is 0.122. The van der Waals surface area contributed by atoms with Gasteiger partial charge in [-0.3, -0.25) is 0 Å². The Labute approximate surface area is 109 Å². The van der Waals surface area contributed by atoms with Gasteiger partial charge in [-0.15, -0.1) is 0 Å². The first-order valence-corrected chi connectivity index (χ1v) is 6.11. The molecule has 16 heavy (non-hydrogen) atoms. The Hall–Kier alpha value is -0.110. The zero-order valence-corrected chi connectivity index (χ0v) is 10.9. The van der Waals surface area contributed by atoms with Crippen molar-refractivity contribution >= 4 is 34.2 Å². The maximum Gasteiger partial charge on any atom is 0.396 e. The van der Waals surface area contributed by atoms with E-state index >= 15 is 0 Å². The highest BCUT2D eigenvalue weighted by molar-refractivity contribution is 14.1. The highest BCUT2D eigenvalue weighted by Crippen LogP contribution is 2.42. The first-order valence-electron chi connectivity index (χ1n) is 4.65. The Morgan fingerprint density at radius 2 is 1.94 bits per heavy atom. The molecule has 1 aliphatic rings. The minimum absolute atomic E-state index is 0.122. The molecule has 1 aromatic rings. The molecule has 0 aliphatic heterocycles. The minimum Gasteiger partial charge on any atom is -0.236 e. The smallest absolute Gasteiger partial charge is 0.236 e. The van der Waals surface area contributed by atoms with Gasteiger partial charge in [-0.1, -0.05) is 11.6 Å². The number of hydrogen-bond acceptors (Lipinski definition) is 2. The van der Waals surface area contributed by atoms with Crippen LogP contribution >= 0.6 is 34.2 Å². The molecule has 2 rings (SSSR count). The van der Waals surface area contributed by atoms with E-state index in [0.717, 1.165) is 12.8 Å². The summed E-state index contributed by atoms with van der Waals surface area (Å²) in [6.45, 7) is 0. The van der Waals surface area contributed by atoms with Gasteiger partial charge in [0.05, 0.1) is 9.26 Å². The third kappa shape index (κ3) is 2.97. The summed E-state index contributed by atoms with van der Waals surface area (Å²) in [6.07, 6.45) is -3.48. The van der Waals surface area contributed by atoms with Crippen LogP contribution in [0.15, 0.2) is 0 Å². The number of hydrogen-bond donors (Lipinski definition) is 0. The average molecular weight is 363 g/mol. The molecule has 0 atom stereocenters. The summed E-state index contributed by atoms with van der Waals surface area (Å²) in [4.78, 5) is 7.61. The molecule has 0 N–H and O–H groups in total. The van der Waals surface area contributed by atoms with E-state index in [1.165, 1.54) is 0 Å². The number of rotatable bonds is 2. The Morgan fingerprint density at radius 3 is 2.44 bits per heavy atom. The lowest BCUT2D eigenvalue weighted by Gasteiger charge is -2.09. The molecule has 0 spiro atoms. The van der Waals surface area contributed by atoms with E-state index in [2.05, 4.69) is 9.97 Å². The predicted octanol–water partition coefficient (Wildman–Crippen LogP) is 3.72. The molecule has 0 unspecified atom stereocenters. The number of aromatic nitrogens is 2. The molecule has 1 aromatic heterocycles. The normalized spacial score (nSPS) is 16.6. The lowest BCUT2D eigenvalue weighted by molar-refractivity contribution is -0.128. The quantitative estimate of drug-likeness (QED) is 0.592. The van der Waals surface area contributed by atoms with Crippen LogP contribution in [0.5, 0.6) is 0 Å². The van der Waals surface area contributed by atoms with Gasteiger partial charge in [0.1, 0.15) is 17.4 Å². The van der Waals surface area contributed by atoms with Crippen LogP contribution in [-0.2, 0) is 6.42 Å². The van der Waals surface area contributed by atoms with Crippen molar-refractivity contribution in [3.8, 4) is 0 Å². The third-order valence-corrected chi connectivity index (χ3v) is 3.86. The van der Waals surface area contributed by atoms with Crippen molar-refractivity contribution in [3.05, 3.63) is 20.2 Å². The molecule has 0 bridgehead atoms. The summed E-state index contributed by atoms with van der Waals surface area (Å²) >= 11 is 7.77. The second kappa shape index (κ2) is 4.29. The zero-order valence-electron chi connectivity index (χ0n) is 7.98. The Bertz CT molecular complexity index is 418. The average Bonchev–Trinajstić information content (AvgIpc) is 2.91. The second-order valence-electron chi connectivity index (χ2n) is 3.70. The van der Waals surface area contributed by atoms with Gasteiger partial charge in [0.15, 0.2) is 0 Å². The summed E-state index contributed by atoms with van der Waals surface area (Å²) in [5.41, 5.74) is 0.667. The summed E-state index contributed by atoms with van der Waals surface area (Å²) in [7, 11) is 0. The zero-order chi connectivity index (χ0) is 11.9. The van der Waals surface area contributed by atoms with Crippen molar-refractivity contribution in [1.82, 2.24) is 9.97 Å². The van der Waals surface area contributed by atoms with Crippen LogP contribution in [0.2, 0.25) is 5.15 Å². The molecule has 1 heterocycles. The molecule has 0 radical (unpaired) electrons. The van der Waals surface area contributed by atoms with Crippen molar-refractivity contribution in [2.75, 3.05) is 0 Å². The fourth-order valence-corrected chi connectivity index (χ4v) is 2.24. The largest absolute Gasteiger partial charge is 0.396 e. The van der Waals surface area contributed by atoms with E-state index in [-0.39, 0.29) is 16.9 Å². The molecular weight excluding hydrogens is 355 g/mol. The topological polar surface area (TPSA) is 25.8 Å². The van der Waals surface area contributed by atoms with Crippen LogP contribution in [0, 0.1) is 3.57 Å². The minimum atomic E-state index is -4.29. The van der Waals surface area contributed by atoms with Gasteiger partial charge in [0.2, 0.25) is 0 Å². The molecule has 0 saturated heterocycles. The summed E-state index contributed by atoms with van der Waals surface area (Å²) in [6, 6.07) is 0. The van der Waals surface area contributed by atoms with E-state index in [9.17, 15) is 13.2 Å².